The van der Waals surface area contributed by atoms with Crippen LogP contribution in [0.1, 0.15) is 16.1 Å². The fourth-order valence-corrected chi connectivity index (χ4v) is 2.37. The summed E-state index contributed by atoms with van der Waals surface area (Å²) in [7, 11) is 1.99. The lowest BCUT2D eigenvalue weighted by Gasteiger charge is -2.17. The molecule has 0 aliphatic carbocycles. The van der Waals surface area contributed by atoms with E-state index in [9.17, 15) is 0 Å². The summed E-state index contributed by atoms with van der Waals surface area (Å²) in [5.74, 6) is 0.865. The van der Waals surface area contributed by atoms with Crippen LogP contribution in [0.15, 0.2) is 23.8 Å². The van der Waals surface area contributed by atoms with E-state index >= 15 is 0 Å². The van der Waals surface area contributed by atoms with Crippen LogP contribution in [0.3, 0.4) is 0 Å². The predicted molar refractivity (Wildman–Crippen MR) is 69.1 cm³/mol. The first-order chi connectivity index (χ1) is 8.20. The van der Waals surface area contributed by atoms with Crippen molar-refractivity contribution < 1.29 is 5.11 Å². The molecule has 2 aromatic heterocycles. The summed E-state index contributed by atoms with van der Waals surface area (Å²) in [4.78, 5) is 11.8. The van der Waals surface area contributed by atoms with Crippen LogP contribution in [-0.4, -0.2) is 22.1 Å². The summed E-state index contributed by atoms with van der Waals surface area (Å²) in [6.07, 6.45) is 1.72. The second-order valence-corrected chi connectivity index (χ2v) is 4.84. The molecule has 0 radical (unpaired) electrons. The Morgan fingerprint density at radius 1 is 1.41 bits per heavy atom. The molecule has 0 spiro atoms. The predicted octanol–water partition coefficient (Wildman–Crippen LogP) is 1.98. The van der Waals surface area contributed by atoms with Gasteiger partial charge in [-0.25, -0.2) is 9.97 Å². The molecule has 17 heavy (non-hydrogen) atoms. The molecular weight excluding hydrogens is 234 g/mol. The van der Waals surface area contributed by atoms with Gasteiger partial charge >= 0.3 is 0 Å². The maximum atomic E-state index is 9.09. The zero-order valence-corrected chi connectivity index (χ0v) is 10.7. The quantitative estimate of drug-likeness (QED) is 0.900. The molecule has 0 aliphatic rings. The van der Waals surface area contributed by atoms with E-state index in [1.165, 1.54) is 4.88 Å². The van der Waals surface area contributed by atoms with Gasteiger partial charge in [-0.05, 0) is 24.6 Å². The van der Waals surface area contributed by atoms with Gasteiger partial charge in [-0.3, -0.25) is 0 Å². The van der Waals surface area contributed by atoms with E-state index in [0.717, 1.165) is 23.6 Å². The van der Waals surface area contributed by atoms with Crippen LogP contribution >= 0.6 is 11.3 Å². The molecule has 4 nitrogen and oxygen atoms in total. The van der Waals surface area contributed by atoms with Crippen LogP contribution in [0, 0.1) is 6.92 Å². The van der Waals surface area contributed by atoms with Crippen LogP contribution < -0.4 is 4.90 Å². The second kappa shape index (κ2) is 5.25. The largest absolute Gasteiger partial charge is 0.392 e. The number of pyridine rings is 1. The van der Waals surface area contributed by atoms with Crippen molar-refractivity contribution in [2.45, 2.75) is 20.1 Å². The molecule has 1 N–H and O–H groups in total. The van der Waals surface area contributed by atoms with Gasteiger partial charge in [0.05, 0.1) is 24.4 Å². The number of aliphatic hydroxyl groups is 1. The average Bonchev–Trinajstić information content (AvgIpc) is 2.75. The first kappa shape index (κ1) is 12.0. The molecule has 0 saturated heterocycles. The van der Waals surface area contributed by atoms with E-state index in [4.69, 9.17) is 5.11 Å². The van der Waals surface area contributed by atoms with Gasteiger partial charge in [0.15, 0.2) is 0 Å². The minimum Gasteiger partial charge on any atom is -0.392 e. The molecular formula is C12H15N3OS. The minimum absolute atomic E-state index is 0.0446. The summed E-state index contributed by atoms with van der Waals surface area (Å²) in [5.41, 5.74) is 3.80. The van der Waals surface area contributed by atoms with Gasteiger partial charge in [0.25, 0.3) is 0 Å². The Balaban J connectivity index is 2.14. The van der Waals surface area contributed by atoms with Gasteiger partial charge in [0.1, 0.15) is 5.82 Å². The SMILES string of the molecule is Cc1ncsc1CN(C)c1cc(CO)ccn1. The highest BCUT2D eigenvalue weighted by Crippen LogP contribution is 2.18. The summed E-state index contributed by atoms with van der Waals surface area (Å²) in [6.45, 7) is 2.85. The summed E-state index contributed by atoms with van der Waals surface area (Å²) >= 11 is 1.65. The number of aryl methyl sites for hydroxylation is 1. The van der Waals surface area contributed by atoms with Gasteiger partial charge in [0, 0.05) is 18.1 Å². The zero-order valence-electron chi connectivity index (χ0n) is 9.92. The molecule has 0 saturated carbocycles. The number of nitrogens with zero attached hydrogens (tertiary/aromatic N) is 3. The van der Waals surface area contributed by atoms with Crippen molar-refractivity contribution in [3.8, 4) is 0 Å². The van der Waals surface area contributed by atoms with Crippen molar-refractivity contribution in [1.82, 2.24) is 9.97 Å². The molecule has 0 fully saturated rings. The van der Waals surface area contributed by atoms with Gasteiger partial charge in [-0.2, -0.15) is 0 Å². The minimum atomic E-state index is 0.0446. The number of rotatable bonds is 4. The molecule has 0 amide bonds. The Hall–Kier alpha value is -1.46. The molecule has 0 bridgehead atoms. The smallest absolute Gasteiger partial charge is 0.128 e. The van der Waals surface area contributed by atoms with E-state index in [0.29, 0.717) is 0 Å². The average molecular weight is 249 g/mol. The summed E-state index contributed by atoms with van der Waals surface area (Å²) in [5, 5.41) is 9.09. The Morgan fingerprint density at radius 3 is 2.88 bits per heavy atom. The molecule has 5 heteroatoms. The first-order valence-corrected chi connectivity index (χ1v) is 6.24. The van der Waals surface area contributed by atoms with Gasteiger partial charge in [-0.1, -0.05) is 0 Å². The third-order valence-corrected chi connectivity index (χ3v) is 3.53. The highest BCUT2D eigenvalue weighted by atomic mass is 32.1. The molecule has 2 rings (SSSR count). The van der Waals surface area contributed by atoms with Crippen LogP contribution in [0.2, 0.25) is 0 Å². The third-order valence-electron chi connectivity index (χ3n) is 2.61. The van der Waals surface area contributed by atoms with E-state index in [2.05, 4.69) is 14.9 Å². The van der Waals surface area contributed by atoms with E-state index in [1.54, 1.807) is 17.5 Å². The third kappa shape index (κ3) is 2.81. The second-order valence-electron chi connectivity index (χ2n) is 3.90. The summed E-state index contributed by atoms with van der Waals surface area (Å²) < 4.78 is 0. The van der Waals surface area contributed by atoms with Crippen molar-refractivity contribution in [1.29, 1.82) is 0 Å². The summed E-state index contributed by atoms with van der Waals surface area (Å²) in [6, 6.07) is 3.71. The van der Waals surface area contributed by atoms with Crippen molar-refractivity contribution in [2.24, 2.45) is 0 Å². The van der Waals surface area contributed by atoms with Gasteiger partial charge in [-0.15, -0.1) is 11.3 Å². The highest BCUT2D eigenvalue weighted by molar-refractivity contribution is 7.09. The Bertz CT molecular complexity index is 498. The normalized spacial score (nSPS) is 10.5. The van der Waals surface area contributed by atoms with Crippen molar-refractivity contribution in [3.05, 3.63) is 40.0 Å². The van der Waals surface area contributed by atoms with Crippen LogP contribution in [0.25, 0.3) is 0 Å². The zero-order chi connectivity index (χ0) is 12.3. The molecule has 0 aliphatic heterocycles. The van der Waals surface area contributed by atoms with Crippen molar-refractivity contribution in [3.63, 3.8) is 0 Å². The molecule has 2 aromatic rings. The maximum absolute atomic E-state index is 9.09. The molecule has 0 aromatic carbocycles. The Morgan fingerprint density at radius 2 is 2.24 bits per heavy atom. The fraction of sp³-hybridized carbons (Fsp3) is 0.333. The van der Waals surface area contributed by atoms with Crippen LogP contribution in [0.5, 0.6) is 0 Å². The fourth-order valence-electron chi connectivity index (χ4n) is 1.54. The Kier molecular flexibility index (Phi) is 3.71. The van der Waals surface area contributed by atoms with Crippen molar-refractivity contribution in [2.75, 3.05) is 11.9 Å². The van der Waals surface area contributed by atoms with Gasteiger partial charge in [0.2, 0.25) is 0 Å². The van der Waals surface area contributed by atoms with Gasteiger partial charge < -0.3 is 10.0 Å². The topological polar surface area (TPSA) is 49.2 Å². The molecule has 0 atom stereocenters. The lowest BCUT2D eigenvalue weighted by molar-refractivity contribution is 0.281. The number of anilines is 1. The molecule has 2 heterocycles. The highest BCUT2D eigenvalue weighted by Gasteiger charge is 2.07. The lowest BCUT2D eigenvalue weighted by atomic mass is 10.2. The number of aliphatic hydroxyl groups excluding tert-OH is 1. The van der Waals surface area contributed by atoms with Crippen LogP contribution in [0.4, 0.5) is 5.82 Å². The monoisotopic (exact) mass is 249 g/mol. The van der Waals surface area contributed by atoms with E-state index in [1.807, 2.05) is 31.6 Å². The lowest BCUT2D eigenvalue weighted by Crippen LogP contribution is -2.17. The molecule has 90 valence electrons. The molecule has 0 unspecified atom stereocenters. The van der Waals surface area contributed by atoms with E-state index in [-0.39, 0.29) is 6.61 Å². The van der Waals surface area contributed by atoms with Crippen molar-refractivity contribution >= 4 is 17.2 Å². The first-order valence-electron chi connectivity index (χ1n) is 5.36. The maximum Gasteiger partial charge on any atom is 0.128 e. The Labute approximate surface area is 105 Å². The standard InChI is InChI=1S/C12H15N3OS/c1-9-11(17-8-14-9)6-15(2)12-5-10(7-16)3-4-13-12/h3-5,8,16H,6-7H2,1-2H3. The van der Waals surface area contributed by atoms with Crippen LogP contribution in [-0.2, 0) is 13.2 Å². The number of hydrogen-bond donors (Lipinski definition) is 1. The number of thiazole rings is 1. The number of aromatic nitrogens is 2. The number of hydrogen-bond acceptors (Lipinski definition) is 5. The van der Waals surface area contributed by atoms with E-state index < -0.39 is 0 Å².